The molecule has 1 saturated heterocycles. The summed E-state index contributed by atoms with van der Waals surface area (Å²) in [5.41, 5.74) is 0. The number of hydrogen-bond donors (Lipinski definition) is 1. The van der Waals surface area contributed by atoms with Gasteiger partial charge < -0.3 is 10.0 Å². The first-order valence-corrected chi connectivity index (χ1v) is 7.12. The molecular formula is C14H29NO. The highest BCUT2D eigenvalue weighted by molar-refractivity contribution is 4.69. The second-order valence-electron chi connectivity index (χ2n) is 5.39. The van der Waals surface area contributed by atoms with E-state index in [9.17, 15) is 5.11 Å². The number of unbranched alkanes of at least 4 members (excludes halogenated alkanes) is 1. The first-order valence-electron chi connectivity index (χ1n) is 7.12. The standard InChI is InChI=1S/C14H29NO/c1-3-14-8-6-11-15(12-9-14)10-5-4-7-13(2)16/h13-14,16H,3-12H2,1-2H3. The summed E-state index contributed by atoms with van der Waals surface area (Å²) in [5, 5.41) is 9.19. The Morgan fingerprint density at radius 2 is 2.06 bits per heavy atom. The van der Waals surface area contributed by atoms with E-state index in [4.69, 9.17) is 0 Å². The van der Waals surface area contributed by atoms with Gasteiger partial charge in [-0.15, -0.1) is 0 Å². The molecule has 0 aliphatic carbocycles. The van der Waals surface area contributed by atoms with E-state index in [1.54, 1.807) is 0 Å². The normalized spacial score (nSPS) is 25.3. The van der Waals surface area contributed by atoms with E-state index >= 15 is 0 Å². The van der Waals surface area contributed by atoms with Gasteiger partial charge in [-0.2, -0.15) is 0 Å². The van der Waals surface area contributed by atoms with Crippen molar-refractivity contribution in [1.82, 2.24) is 4.90 Å². The summed E-state index contributed by atoms with van der Waals surface area (Å²) in [7, 11) is 0. The average Bonchev–Trinajstić information content (AvgIpc) is 2.49. The highest BCUT2D eigenvalue weighted by atomic mass is 16.3. The fourth-order valence-corrected chi connectivity index (χ4v) is 2.63. The van der Waals surface area contributed by atoms with E-state index in [1.807, 2.05) is 6.92 Å². The van der Waals surface area contributed by atoms with Crippen molar-refractivity contribution in [2.24, 2.45) is 5.92 Å². The van der Waals surface area contributed by atoms with Gasteiger partial charge in [-0.3, -0.25) is 0 Å². The maximum atomic E-state index is 9.19. The summed E-state index contributed by atoms with van der Waals surface area (Å²) in [6.07, 6.45) is 8.84. The number of rotatable bonds is 6. The number of hydrogen-bond acceptors (Lipinski definition) is 2. The van der Waals surface area contributed by atoms with Gasteiger partial charge >= 0.3 is 0 Å². The van der Waals surface area contributed by atoms with Gasteiger partial charge in [0.05, 0.1) is 6.10 Å². The zero-order valence-corrected chi connectivity index (χ0v) is 11.1. The fraction of sp³-hybridized carbons (Fsp3) is 1.00. The lowest BCUT2D eigenvalue weighted by atomic mass is 9.98. The number of likely N-dealkylation sites (tertiary alicyclic amines) is 1. The second kappa shape index (κ2) is 8.08. The molecule has 0 aromatic carbocycles. The Kier molecular flexibility index (Phi) is 7.06. The van der Waals surface area contributed by atoms with Crippen LogP contribution < -0.4 is 0 Å². The maximum absolute atomic E-state index is 9.19. The topological polar surface area (TPSA) is 23.5 Å². The van der Waals surface area contributed by atoms with Crippen molar-refractivity contribution in [3.8, 4) is 0 Å². The minimum absolute atomic E-state index is 0.117. The molecule has 96 valence electrons. The Balaban J connectivity index is 2.08. The van der Waals surface area contributed by atoms with Gasteiger partial charge in [0.15, 0.2) is 0 Å². The van der Waals surface area contributed by atoms with E-state index < -0.39 is 0 Å². The first-order chi connectivity index (χ1) is 7.72. The fourth-order valence-electron chi connectivity index (χ4n) is 2.63. The Hall–Kier alpha value is -0.0800. The molecule has 0 saturated carbocycles. The summed E-state index contributed by atoms with van der Waals surface area (Å²) in [4.78, 5) is 2.62. The van der Waals surface area contributed by atoms with Crippen LogP contribution in [0.4, 0.5) is 0 Å². The molecule has 2 heteroatoms. The van der Waals surface area contributed by atoms with Gasteiger partial charge in [0.25, 0.3) is 0 Å². The molecule has 0 aromatic heterocycles. The summed E-state index contributed by atoms with van der Waals surface area (Å²) in [5.74, 6) is 0.975. The summed E-state index contributed by atoms with van der Waals surface area (Å²) < 4.78 is 0. The summed E-state index contributed by atoms with van der Waals surface area (Å²) in [6.45, 7) is 8.04. The maximum Gasteiger partial charge on any atom is 0.0512 e. The Morgan fingerprint density at radius 1 is 1.25 bits per heavy atom. The molecule has 0 spiro atoms. The minimum Gasteiger partial charge on any atom is -0.393 e. The van der Waals surface area contributed by atoms with Gasteiger partial charge in [0.2, 0.25) is 0 Å². The Labute approximate surface area is 101 Å². The highest BCUT2D eigenvalue weighted by Crippen LogP contribution is 2.20. The van der Waals surface area contributed by atoms with Crippen molar-refractivity contribution in [3.05, 3.63) is 0 Å². The molecule has 1 fully saturated rings. The average molecular weight is 227 g/mol. The molecule has 1 N–H and O–H groups in total. The predicted octanol–water partition coefficient (Wildman–Crippen LogP) is 3.05. The molecule has 0 amide bonds. The van der Waals surface area contributed by atoms with Gasteiger partial charge in [0.1, 0.15) is 0 Å². The minimum atomic E-state index is -0.117. The molecule has 2 nitrogen and oxygen atoms in total. The van der Waals surface area contributed by atoms with Crippen LogP contribution in [0.25, 0.3) is 0 Å². The van der Waals surface area contributed by atoms with E-state index in [2.05, 4.69) is 11.8 Å². The van der Waals surface area contributed by atoms with Gasteiger partial charge in [-0.1, -0.05) is 13.3 Å². The predicted molar refractivity (Wildman–Crippen MR) is 69.6 cm³/mol. The van der Waals surface area contributed by atoms with Crippen molar-refractivity contribution in [1.29, 1.82) is 0 Å². The Morgan fingerprint density at radius 3 is 2.75 bits per heavy atom. The quantitative estimate of drug-likeness (QED) is 0.705. The molecule has 1 aliphatic heterocycles. The Bertz CT molecular complexity index is 170. The lowest BCUT2D eigenvalue weighted by Crippen LogP contribution is -2.26. The number of aliphatic hydroxyl groups is 1. The zero-order chi connectivity index (χ0) is 11.8. The summed E-state index contributed by atoms with van der Waals surface area (Å²) >= 11 is 0. The van der Waals surface area contributed by atoms with E-state index in [1.165, 1.54) is 58.2 Å². The van der Waals surface area contributed by atoms with Crippen LogP contribution in [0.2, 0.25) is 0 Å². The zero-order valence-electron chi connectivity index (χ0n) is 11.1. The molecule has 0 radical (unpaired) electrons. The third kappa shape index (κ3) is 5.86. The molecule has 1 aliphatic rings. The monoisotopic (exact) mass is 227 g/mol. The third-order valence-electron chi connectivity index (χ3n) is 3.86. The van der Waals surface area contributed by atoms with E-state index in [0.29, 0.717) is 0 Å². The molecule has 0 bridgehead atoms. The largest absolute Gasteiger partial charge is 0.393 e. The summed E-state index contributed by atoms with van der Waals surface area (Å²) in [6, 6.07) is 0. The highest BCUT2D eigenvalue weighted by Gasteiger charge is 2.14. The molecular weight excluding hydrogens is 198 g/mol. The van der Waals surface area contributed by atoms with Crippen LogP contribution in [0.3, 0.4) is 0 Å². The SMILES string of the molecule is CCC1CCCN(CCCCC(C)O)CC1. The van der Waals surface area contributed by atoms with Gasteiger partial charge in [-0.05, 0) is 71.0 Å². The van der Waals surface area contributed by atoms with Crippen LogP contribution in [0.5, 0.6) is 0 Å². The lowest BCUT2D eigenvalue weighted by molar-refractivity contribution is 0.177. The van der Waals surface area contributed by atoms with E-state index in [0.717, 1.165) is 12.3 Å². The number of aliphatic hydroxyl groups excluding tert-OH is 1. The van der Waals surface area contributed by atoms with Crippen molar-refractivity contribution in [2.45, 2.75) is 64.9 Å². The third-order valence-corrected chi connectivity index (χ3v) is 3.86. The van der Waals surface area contributed by atoms with E-state index in [-0.39, 0.29) is 6.10 Å². The van der Waals surface area contributed by atoms with Crippen LogP contribution in [0.1, 0.15) is 58.8 Å². The van der Waals surface area contributed by atoms with Crippen molar-refractivity contribution >= 4 is 0 Å². The number of nitrogens with zero attached hydrogens (tertiary/aromatic N) is 1. The smallest absolute Gasteiger partial charge is 0.0512 e. The van der Waals surface area contributed by atoms with Crippen molar-refractivity contribution in [3.63, 3.8) is 0 Å². The van der Waals surface area contributed by atoms with Crippen LogP contribution in [0, 0.1) is 5.92 Å². The van der Waals surface area contributed by atoms with Crippen LogP contribution in [0.15, 0.2) is 0 Å². The molecule has 1 rings (SSSR count). The first kappa shape index (κ1) is 14.0. The van der Waals surface area contributed by atoms with Crippen LogP contribution in [-0.2, 0) is 0 Å². The molecule has 1 heterocycles. The second-order valence-corrected chi connectivity index (χ2v) is 5.39. The van der Waals surface area contributed by atoms with Crippen molar-refractivity contribution in [2.75, 3.05) is 19.6 Å². The molecule has 2 unspecified atom stereocenters. The van der Waals surface area contributed by atoms with Crippen LogP contribution in [-0.4, -0.2) is 35.7 Å². The lowest BCUT2D eigenvalue weighted by Gasteiger charge is -2.20. The van der Waals surface area contributed by atoms with Crippen molar-refractivity contribution < 1.29 is 5.11 Å². The molecule has 16 heavy (non-hydrogen) atoms. The molecule has 2 atom stereocenters. The van der Waals surface area contributed by atoms with Crippen LogP contribution >= 0.6 is 0 Å². The van der Waals surface area contributed by atoms with Gasteiger partial charge in [0, 0.05) is 0 Å². The van der Waals surface area contributed by atoms with Gasteiger partial charge in [-0.25, -0.2) is 0 Å². The molecule has 0 aromatic rings.